The molecule has 0 aliphatic carbocycles. The number of hydrogen-bond donors (Lipinski definition) is 1. The molecule has 2 aliphatic rings. The van der Waals surface area contributed by atoms with E-state index >= 15 is 0 Å². The van der Waals surface area contributed by atoms with Crippen LogP contribution in [-0.4, -0.2) is 47.9 Å². The van der Waals surface area contributed by atoms with Crippen LogP contribution in [0.3, 0.4) is 0 Å². The normalized spacial score (nSPS) is 24.4. The van der Waals surface area contributed by atoms with E-state index in [-0.39, 0.29) is 11.2 Å². The maximum atomic E-state index is 13.9. The number of hydrogen-bond acceptors (Lipinski definition) is 3. The Morgan fingerprint density at radius 2 is 2.17 bits per heavy atom. The van der Waals surface area contributed by atoms with Gasteiger partial charge in [-0.15, -0.1) is 0 Å². The van der Waals surface area contributed by atoms with E-state index in [0.717, 1.165) is 12.1 Å². The van der Waals surface area contributed by atoms with E-state index < -0.39 is 23.7 Å². The third-order valence-corrected chi connectivity index (χ3v) is 5.15. The van der Waals surface area contributed by atoms with Gasteiger partial charge in [0.1, 0.15) is 17.7 Å². The summed E-state index contributed by atoms with van der Waals surface area (Å²) in [4.78, 5) is 28.5. The van der Waals surface area contributed by atoms with Crippen molar-refractivity contribution in [2.24, 2.45) is 4.99 Å². The summed E-state index contributed by atoms with van der Waals surface area (Å²) >= 11 is 1.50. The Balaban J connectivity index is 1.67. The molecule has 1 fully saturated rings. The molecule has 2 unspecified atom stereocenters. The van der Waals surface area contributed by atoms with Gasteiger partial charge >= 0.3 is 6.03 Å². The van der Waals surface area contributed by atoms with E-state index in [4.69, 9.17) is 0 Å². The molecule has 0 saturated carbocycles. The summed E-state index contributed by atoms with van der Waals surface area (Å²) in [5.74, 6) is -0.507. The number of carbonyl (C=O) groups is 2. The van der Waals surface area contributed by atoms with Crippen LogP contribution in [0, 0.1) is 11.6 Å². The average molecular weight is 339 g/mol. The Morgan fingerprint density at radius 3 is 2.91 bits per heavy atom. The van der Waals surface area contributed by atoms with Crippen molar-refractivity contribution in [1.29, 1.82) is 0 Å². The second-order valence-corrected chi connectivity index (χ2v) is 6.66. The fourth-order valence-electron chi connectivity index (χ4n) is 2.67. The van der Waals surface area contributed by atoms with Crippen LogP contribution in [0.5, 0.6) is 0 Å². The lowest BCUT2D eigenvalue weighted by Crippen LogP contribution is -2.46. The lowest BCUT2D eigenvalue weighted by atomic mass is 10.1. The smallest absolute Gasteiger partial charge is 0.340 e. The number of nitrogens with zero attached hydrogens (tertiary/aromatic N) is 2. The number of amides is 3. The predicted molar refractivity (Wildman–Crippen MR) is 83.6 cm³/mol. The molecule has 23 heavy (non-hydrogen) atoms. The molecule has 8 heteroatoms. The van der Waals surface area contributed by atoms with Gasteiger partial charge in [0.05, 0.1) is 0 Å². The number of carbonyl (C=O) groups excluding carboxylic acids is 2. The molecule has 1 N–H and O–H groups in total. The quantitative estimate of drug-likeness (QED) is 0.898. The Bertz CT molecular complexity index is 668. The first-order valence-electron chi connectivity index (χ1n) is 7.24. The van der Waals surface area contributed by atoms with Crippen LogP contribution in [-0.2, 0) is 4.79 Å². The molecule has 0 radical (unpaired) electrons. The second-order valence-electron chi connectivity index (χ2n) is 5.34. The summed E-state index contributed by atoms with van der Waals surface area (Å²) in [6.45, 7) is 0.920. The van der Waals surface area contributed by atoms with Crippen molar-refractivity contribution < 1.29 is 18.4 Å². The number of aliphatic imine (C=N–C) groups is 1. The van der Waals surface area contributed by atoms with Gasteiger partial charge < -0.3 is 10.2 Å². The molecule has 122 valence electrons. The van der Waals surface area contributed by atoms with E-state index in [1.54, 1.807) is 4.90 Å². The van der Waals surface area contributed by atoms with Gasteiger partial charge in [0, 0.05) is 35.9 Å². The molecule has 3 rings (SSSR count). The van der Waals surface area contributed by atoms with Crippen molar-refractivity contribution in [3.63, 3.8) is 0 Å². The molecule has 5 nitrogen and oxygen atoms in total. The fraction of sp³-hybridized carbons (Fsp3) is 0.400. The van der Waals surface area contributed by atoms with Crippen molar-refractivity contribution in [2.75, 3.05) is 18.8 Å². The number of thioether (sulfide) groups is 1. The van der Waals surface area contributed by atoms with Crippen molar-refractivity contribution in [1.82, 2.24) is 10.2 Å². The molecular weight excluding hydrogens is 324 g/mol. The summed E-state index contributed by atoms with van der Waals surface area (Å²) in [6.07, 6.45) is 1.82. The Hall–Kier alpha value is -1.96. The highest BCUT2D eigenvalue weighted by Gasteiger charge is 2.30. The van der Waals surface area contributed by atoms with Crippen LogP contribution in [0.2, 0.25) is 0 Å². The largest absolute Gasteiger partial charge is 0.341 e. The minimum Gasteiger partial charge on any atom is -0.340 e. The van der Waals surface area contributed by atoms with E-state index in [1.807, 2.05) is 0 Å². The van der Waals surface area contributed by atoms with E-state index in [0.29, 0.717) is 30.8 Å². The molecule has 2 atom stereocenters. The van der Waals surface area contributed by atoms with Gasteiger partial charge in [-0.3, -0.25) is 4.79 Å². The van der Waals surface area contributed by atoms with Gasteiger partial charge in [0.15, 0.2) is 0 Å². The van der Waals surface area contributed by atoms with Crippen LogP contribution in [0.1, 0.15) is 17.2 Å². The topological polar surface area (TPSA) is 61.8 Å². The van der Waals surface area contributed by atoms with Gasteiger partial charge in [0.2, 0.25) is 0 Å². The number of nitrogens with one attached hydrogen (secondary N) is 1. The number of rotatable bonds is 2. The zero-order valence-electron chi connectivity index (χ0n) is 12.2. The zero-order chi connectivity index (χ0) is 16.4. The second kappa shape index (κ2) is 6.66. The SMILES string of the molecule is O=C1N=CC(C(=O)N2CCSC(c3cc(F)ccc3F)CC2)N1. The molecule has 2 aliphatic heterocycles. The van der Waals surface area contributed by atoms with E-state index in [9.17, 15) is 18.4 Å². The first kappa shape index (κ1) is 15.9. The highest BCUT2D eigenvalue weighted by Crippen LogP contribution is 2.36. The maximum Gasteiger partial charge on any atom is 0.341 e. The first-order chi connectivity index (χ1) is 11.0. The summed E-state index contributed by atoms with van der Waals surface area (Å²) in [5, 5.41) is 2.26. The van der Waals surface area contributed by atoms with Crippen molar-refractivity contribution in [3.05, 3.63) is 35.4 Å². The highest BCUT2D eigenvalue weighted by atomic mass is 32.2. The lowest BCUT2D eigenvalue weighted by Gasteiger charge is -2.22. The van der Waals surface area contributed by atoms with Gasteiger partial charge in [-0.05, 0) is 24.6 Å². The van der Waals surface area contributed by atoms with Crippen molar-refractivity contribution in [3.8, 4) is 0 Å². The summed E-state index contributed by atoms with van der Waals surface area (Å²) in [7, 11) is 0. The summed E-state index contributed by atoms with van der Waals surface area (Å²) in [5.41, 5.74) is 0.333. The standard InChI is InChI=1S/C15H15F2N3O2S/c16-9-1-2-11(17)10(7-9)13-3-4-20(5-6-23-13)14(21)12-8-18-15(22)19-12/h1-2,7-8,12-13H,3-6H2,(H,19,22). The molecule has 0 aromatic heterocycles. The number of urea groups is 1. The van der Waals surface area contributed by atoms with Gasteiger partial charge in [-0.25, -0.2) is 18.6 Å². The average Bonchev–Trinajstić information content (AvgIpc) is 2.82. The third kappa shape index (κ3) is 3.52. The van der Waals surface area contributed by atoms with Crippen LogP contribution in [0.15, 0.2) is 23.2 Å². The van der Waals surface area contributed by atoms with E-state index in [2.05, 4.69) is 10.3 Å². The van der Waals surface area contributed by atoms with Gasteiger partial charge in [0.25, 0.3) is 5.91 Å². The van der Waals surface area contributed by atoms with E-state index in [1.165, 1.54) is 24.0 Å². The van der Waals surface area contributed by atoms with Crippen molar-refractivity contribution >= 4 is 29.9 Å². The molecular formula is C15H15F2N3O2S. The fourth-order valence-corrected chi connectivity index (χ4v) is 3.91. The van der Waals surface area contributed by atoms with Crippen molar-refractivity contribution in [2.45, 2.75) is 17.7 Å². The molecule has 3 amide bonds. The summed E-state index contributed by atoms with van der Waals surface area (Å²) < 4.78 is 27.3. The molecule has 1 aromatic carbocycles. The highest BCUT2D eigenvalue weighted by molar-refractivity contribution is 7.99. The Labute approximate surface area is 136 Å². The molecule has 2 heterocycles. The number of halogens is 2. The third-order valence-electron chi connectivity index (χ3n) is 3.84. The lowest BCUT2D eigenvalue weighted by molar-refractivity contribution is -0.131. The van der Waals surface area contributed by atoms with Crippen LogP contribution >= 0.6 is 11.8 Å². The molecule has 1 aromatic rings. The molecule has 0 bridgehead atoms. The molecule has 0 spiro atoms. The van der Waals surface area contributed by atoms with Crippen LogP contribution < -0.4 is 5.32 Å². The molecule has 1 saturated heterocycles. The minimum absolute atomic E-state index is 0.199. The number of benzene rings is 1. The maximum absolute atomic E-state index is 13.9. The van der Waals surface area contributed by atoms with Gasteiger partial charge in [-0.2, -0.15) is 11.8 Å². The monoisotopic (exact) mass is 339 g/mol. The predicted octanol–water partition coefficient (Wildman–Crippen LogP) is 2.13. The summed E-state index contributed by atoms with van der Waals surface area (Å²) in [6, 6.07) is 2.19. The first-order valence-corrected chi connectivity index (χ1v) is 8.29. The Morgan fingerprint density at radius 1 is 1.35 bits per heavy atom. The van der Waals surface area contributed by atoms with Crippen LogP contribution in [0.4, 0.5) is 13.6 Å². The minimum atomic E-state index is -0.727. The van der Waals surface area contributed by atoms with Crippen LogP contribution in [0.25, 0.3) is 0 Å². The Kier molecular flexibility index (Phi) is 4.61. The zero-order valence-corrected chi connectivity index (χ0v) is 13.0. The van der Waals surface area contributed by atoms with Gasteiger partial charge in [-0.1, -0.05) is 0 Å².